The summed E-state index contributed by atoms with van der Waals surface area (Å²) in [6, 6.07) is 0. The van der Waals surface area contributed by atoms with Gasteiger partial charge in [-0.15, -0.1) is 0 Å². The van der Waals surface area contributed by atoms with Crippen LogP contribution in [-0.2, 0) is 0 Å². The van der Waals surface area contributed by atoms with E-state index in [2.05, 4.69) is 13.0 Å². The van der Waals surface area contributed by atoms with Gasteiger partial charge in [-0.1, -0.05) is 25.0 Å². The summed E-state index contributed by atoms with van der Waals surface area (Å²) in [5.41, 5.74) is 5.17. The molecule has 0 aromatic carbocycles. The summed E-state index contributed by atoms with van der Waals surface area (Å²) in [6.07, 6.45) is 10.6. The molecule has 0 aromatic heterocycles. The van der Waals surface area contributed by atoms with Crippen LogP contribution in [0, 0.1) is 0 Å². The van der Waals surface area contributed by atoms with E-state index in [4.69, 9.17) is 0 Å². The zero-order valence-electron chi connectivity index (χ0n) is 7.32. The number of rotatable bonds is 3. The van der Waals surface area contributed by atoms with Crippen LogP contribution in [0.1, 0.15) is 45.4 Å². The molecule has 0 bridgehead atoms. The molecule has 0 saturated carbocycles. The van der Waals surface area contributed by atoms with E-state index < -0.39 is 0 Å². The van der Waals surface area contributed by atoms with Crippen molar-refractivity contribution in [3.63, 3.8) is 0 Å². The molecule has 0 saturated heterocycles. The molecule has 0 fully saturated rings. The van der Waals surface area contributed by atoms with Crippen LogP contribution in [0.3, 0.4) is 0 Å². The van der Waals surface area contributed by atoms with Gasteiger partial charge in [0, 0.05) is 0 Å². The molecule has 0 spiro atoms. The Kier molecular flexibility index (Phi) is 1.85. The molecule has 11 heavy (non-hydrogen) atoms. The van der Waals surface area contributed by atoms with E-state index in [0.717, 1.165) is 0 Å². The first kappa shape index (κ1) is 7.15. The molecule has 2 aliphatic rings. The Hall–Kier alpha value is -0.520. The Balaban J connectivity index is 1.95. The Morgan fingerprint density at radius 3 is 2.82 bits per heavy atom. The van der Waals surface area contributed by atoms with Crippen LogP contribution >= 0.6 is 0 Å². The van der Waals surface area contributed by atoms with Crippen molar-refractivity contribution in [2.24, 2.45) is 0 Å². The second kappa shape index (κ2) is 2.84. The summed E-state index contributed by atoms with van der Waals surface area (Å²) < 4.78 is 0. The molecule has 0 radical (unpaired) electrons. The maximum atomic E-state index is 2.45. The molecular formula is C11H16. The zero-order valence-corrected chi connectivity index (χ0v) is 7.32. The smallest absolute Gasteiger partial charge is 0.0127 e. The Bertz CT molecular complexity index is 218. The van der Waals surface area contributed by atoms with Crippen LogP contribution in [0.5, 0.6) is 0 Å². The summed E-state index contributed by atoms with van der Waals surface area (Å²) in [4.78, 5) is 0. The van der Waals surface area contributed by atoms with Gasteiger partial charge in [-0.3, -0.25) is 0 Å². The molecule has 2 aliphatic carbocycles. The van der Waals surface area contributed by atoms with Crippen LogP contribution in [0.4, 0.5) is 0 Å². The fraction of sp³-hybridized carbons (Fsp3) is 0.636. The van der Waals surface area contributed by atoms with Gasteiger partial charge in [0.15, 0.2) is 0 Å². The van der Waals surface area contributed by atoms with Gasteiger partial charge in [-0.05, 0) is 43.3 Å². The standard InChI is InChI=1S/C11H16/c1-2-3-4-9-5-6-10-7-8-11(9)10/h5H,2-4,6-8H2,1H3. The lowest BCUT2D eigenvalue weighted by molar-refractivity contribution is 0.755. The second-order valence-corrected chi connectivity index (χ2v) is 3.62. The van der Waals surface area contributed by atoms with Gasteiger partial charge in [0.1, 0.15) is 0 Å². The monoisotopic (exact) mass is 148 g/mol. The molecule has 0 aliphatic heterocycles. The van der Waals surface area contributed by atoms with Gasteiger partial charge in [-0.25, -0.2) is 0 Å². The van der Waals surface area contributed by atoms with E-state index in [1.807, 2.05) is 0 Å². The predicted molar refractivity (Wildman–Crippen MR) is 48.5 cm³/mol. The van der Waals surface area contributed by atoms with Gasteiger partial charge in [0.05, 0.1) is 0 Å². The quantitative estimate of drug-likeness (QED) is 0.573. The summed E-state index contributed by atoms with van der Waals surface area (Å²) in [7, 11) is 0. The average molecular weight is 148 g/mol. The lowest BCUT2D eigenvalue weighted by Crippen LogP contribution is -2.00. The van der Waals surface area contributed by atoms with Gasteiger partial charge in [0.2, 0.25) is 0 Å². The van der Waals surface area contributed by atoms with Crippen LogP contribution in [0.25, 0.3) is 0 Å². The van der Waals surface area contributed by atoms with E-state index in [0.29, 0.717) is 0 Å². The number of unbranched alkanes of at least 4 members (excludes halogenated alkanes) is 1. The van der Waals surface area contributed by atoms with E-state index in [-0.39, 0.29) is 0 Å². The minimum absolute atomic E-state index is 1.29. The molecular weight excluding hydrogens is 132 g/mol. The van der Waals surface area contributed by atoms with Crippen molar-refractivity contribution < 1.29 is 0 Å². The highest BCUT2D eigenvalue weighted by Crippen LogP contribution is 2.42. The van der Waals surface area contributed by atoms with Crippen LogP contribution in [0.15, 0.2) is 22.8 Å². The summed E-state index contributed by atoms with van der Waals surface area (Å²) >= 11 is 0. The van der Waals surface area contributed by atoms with Crippen molar-refractivity contribution in [3.8, 4) is 0 Å². The Morgan fingerprint density at radius 2 is 2.27 bits per heavy atom. The Labute approximate surface area is 69.0 Å². The molecule has 0 unspecified atom stereocenters. The third kappa shape index (κ3) is 1.15. The lowest BCUT2D eigenvalue weighted by Gasteiger charge is -2.19. The first-order valence-corrected chi connectivity index (χ1v) is 4.82. The normalized spacial score (nSPS) is 21.4. The highest BCUT2D eigenvalue weighted by atomic mass is 14.3. The molecule has 0 N–H and O–H groups in total. The third-order valence-corrected chi connectivity index (χ3v) is 2.89. The van der Waals surface area contributed by atoms with Gasteiger partial charge in [-0.2, -0.15) is 0 Å². The van der Waals surface area contributed by atoms with Gasteiger partial charge >= 0.3 is 0 Å². The van der Waals surface area contributed by atoms with Crippen LogP contribution in [0.2, 0.25) is 0 Å². The number of hydrogen-bond acceptors (Lipinski definition) is 0. The van der Waals surface area contributed by atoms with Gasteiger partial charge in [0.25, 0.3) is 0 Å². The molecule has 0 heterocycles. The first-order valence-electron chi connectivity index (χ1n) is 4.82. The molecule has 0 heteroatoms. The average Bonchev–Trinajstić information content (AvgIpc) is 2.22. The number of hydrogen-bond donors (Lipinski definition) is 0. The van der Waals surface area contributed by atoms with E-state index in [9.17, 15) is 0 Å². The summed E-state index contributed by atoms with van der Waals surface area (Å²) in [5.74, 6) is 0. The van der Waals surface area contributed by atoms with Crippen molar-refractivity contribution in [1.82, 2.24) is 0 Å². The highest BCUT2D eigenvalue weighted by molar-refractivity contribution is 5.47. The van der Waals surface area contributed by atoms with Gasteiger partial charge < -0.3 is 0 Å². The van der Waals surface area contributed by atoms with Crippen LogP contribution < -0.4 is 0 Å². The number of allylic oxidation sites excluding steroid dienone is 4. The first-order chi connectivity index (χ1) is 5.42. The zero-order chi connectivity index (χ0) is 7.68. The van der Waals surface area contributed by atoms with E-state index >= 15 is 0 Å². The molecule has 0 nitrogen and oxygen atoms in total. The van der Waals surface area contributed by atoms with Crippen molar-refractivity contribution in [2.75, 3.05) is 0 Å². The highest BCUT2D eigenvalue weighted by Gasteiger charge is 2.23. The minimum Gasteiger partial charge on any atom is -0.0770 e. The summed E-state index contributed by atoms with van der Waals surface area (Å²) in [6.45, 7) is 2.27. The topological polar surface area (TPSA) is 0 Å². The maximum Gasteiger partial charge on any atom is -0.0127 e. The predicted octanol–water partition coefficient (Wildman–Crippen LogP) is 3.60. The largest absolute Gasteiger partial charge is 0.0770 e. The lowest BCUT2D eigenvalue weighted by atomic mass is 9.86. The van der Waals surface area contributed by atoms with Crippen molar-refractivity contribution >= 4 is 0 Å². The molecule has 0 atom stereocenters. The SMILES string of the molecule is CCCCC1=CCC2=C1CC2. The van der Waals surface area contributed by atoms with E-state index in [1.54, 1.807) is 16.7 Å². The van der Waals surface area contributed by atoms with Crippen molar-refractivity contribution in [2.45, 2.75) is 45.4 Å². The van der Waals surface area contributed by atoms with E-state index in [1.165, 1.54) is 38.5 Å². The third-order valence-electron chi connectivity index (χ3n) is 2.89. The molecule has 60 valence electrons. The van der Waals surface area contributed by atoms with Crippen molar-refractivity contribution in [1.29, 1.82) is 0 Å². The maximum absolute atomic E-state index is 2.45. The fourth-order valence-electron chi connectivity index (χ4n) is 2.03. The fourth-order valence-corrected chi connectivity index (χ4v) is 2.03. The second-order valence-electron chi connectivity index (χ2n) is 3.62. The molecule has 0 aromatic rings. The van der Waals surface area contributed by atoms with Crippen LogP contribution in [-0.4, -0.2) is 0 Å². The molecule has 2 rings (SSSR count). The molecule has 0 amide bonds. The van der Waals surface area contributed by atoms with Crippen molar-refractivity contribution in [3.05, 3.63) is 22.8 Å². The minimum atomic E-state index is 1.29. The summed E-state index contributed by atoms with van der Waals surface area (Å²) in [5, 5.41) is 0. The Morgan fingerprint density at radius 1 is 1.36 bits per heavy atom.